The summed E-state index contributed by atoms with van der Waals surface area (Å²) in [5.41, 5.74) is 1.86. The molecule has 2 aromatic rings. The van der Waals surface area contributed by atoms with Crippen LogP contribution in [0.25, 0.3) is 0 Å². The Bertz CT molecular complexity index is 718. The number of hydrogen-bond acceptors (Lipinski definition) is 5. The number of aliphatic hydroxyl groups is 1. The Kier molecular flexibility index (Phi) is 5.27. The van der Waals surface area contributed by atoms with Gasteiger partial charge in [-0.1, -0.05) is 24.3 Å². The lowest BCUT2D eigenvalue weighted by molar-refractivity contribution is -0.385. The number of hydrogen-bond donors (Lipinski definition) is 3. The third-order valence-electron chi connectivity index (χ3n) is 3.27. The van der Waals surface area contributed by atoms with E-state index < -0.39 is 17.4 Å². The minimum absolute atomic E-state index is 0.0530. The number of aliphatic hydroxyl groups excluding tert-OH is 1. The fourth-order valence-electron chi connectivity index (χ4n) is 2.23. The molecule has 0 saturated carbocycles. The van der Waals surface area contributed by atoms with Gasteiger partial charge in [0.25, 0.3) is 5.69 Å². The summed E-state index contributed by atoms with van der Waals surface area (Å²) in [6.45, 7) is 1.23. The monoisotopic (exact) mass is 315 g/mol. The topological polar surface area (TPSA) is 104 Å². The zero-order valence-corrected chi connectivity index (χ0v) is 12.5. The van der Waals surface area contributed by atoms with Gasteiger partial charge in [-0.05, 0) is 25.1 Å². The maximum absolute atomic E-state index is 11.2. The quantitative estimate of drug-likeness (QED) is 0.561. The molecule has 0 aliphatic heterocycles. The van der Waals surface area contributed by atoms with Gasteiger partial charge in [0.15, 0.2) is 0 Å². The van der Waals surface area contributed by atoms with Gasteiger partial charge in [0.05, 0.1) is 16.5 Å². The molecule has 0 aliphatic rings. The lowest BCUT2D eigenvalue weighted by atomic mass is 10.1. The first-order valence-corrected chi connectivity index (χ1v) is 7.02. The highest BCUT2D eigenvalue weighted by Crippen LogP contribution is 2.28. The molecule has 7 heteroatoms. The Morgan fingerprint density at radius 2 is 1.91 bits per heavy atom. The normalized spacial score (nSPS) is 11.6. The van der Waals surface area contributed by atoms with E-state index >= 15 is 0 Å². The number of carbonyl (C=O) groups excluding carboxylic acids is 1. The molecule has 0 aliphatic carbocycles. The lowest BCUT2D eigenvalue weighted by Crippen LogP contribution is -2.15. The van der Waals surface area contributed by atoms with Gasteiger partial charge < -0.3 is 15.7 Å². The molecule has 0 saturated heterocycles. The van der Waals surface area contributed by atoms with Crippen LogP contribution in [0.5, 0.6) is 0 Å². The summed E-state index contributed by atoms with van der Waals surface area (Å²) < 4.78 is 0. The highest BCUT2D eigenvalue weighted by Gasteiger charge is 2.18. The second kappa shape index (κ2) is 7.37. The summed E-state index contributed by atoms with van der Waals surface area (Å²) in [5, 5.41) is 25.5. The Morgan fingerprint density at radius 1 is 1.22 bits per heavy atom. The number of amides is 1. The number of nitrogens with one attached hydrogen (secondary N) is 2. The third-order valence-corrected chi connectivity index (χ3v) is 3.27. The minimum Gasteiger partial charge on any atom is -0.387 e. The molecule has 1 atom stereocenters. The second-order valence-corrected chi connectivity index (χ2v) is 4.97. The maximum atomic E-state index is 11.2. The van der Waals surface area contributed by atoms with E-state index in [1.807, 2.05) is 6.92 Å². The van der Waals surface area contributed by atoms with E-state index in [4.69, 9.17) is 5.11 Å². The fourth-order valence-corrected chi connectivity index (χ4v) is 2.23. The molecule has 0 radical (unpaired) electrons. The summed E-state index contributed by atoms with van der Waals surface area (Å²) in [6, 6.07) is 13.2. The highest BCUT2D eigenvalue weighted by molar-refractivity contribution is 5.91. The van der Waals surface area contributed by atoms with Crippen LogP contribution in [0.2, 0.25) is 0 Å². The Labute approximate surface area is 133 Å². The van der Waals surface area contributed by atoms with Crippen molar-refractivity contribution in [2.45, 2.75) is 13.0 Å². The smallest absolute Gasteiger partial charge is 0.274 e. The number of para-hydroxylation sites is 1. The van der Waals surface area contributed by atoms with Gasteiger partial charge in [0.1, 0.15) is 6.61 Å². The predicted octanol–water partition coefficient (Wildman–Crippen LogP) is 2.70. The molecule has 0 spiro atoms. The van der Waals surface area contributed by atoms with Gasteiger partial charge in [0.2, 0.25) is 5.91 Å². The van der Waals surface area contributed by atoms with Crippen LogP contribution in [0.4, 0.5) is 17.1 Å². The SMILES string of the molecule is C[C@@H](Nc1cccc(NC(=O)CO)c1)c1ccccc1[N+](=O)[O-]. The van der Waals surface area contributed by atoms with Crippen molar-refractivity contribution < 1.29 is 14.8 Å². The molecule has 0 bridgehead atoms. The Balaban J connectivity index is 2.17. The van der Waals surface area contributed by atoms with Crippen molar-refractivity contribution in [2.75, 3.05) is 17.2 Å². The van der Waals surface area contributed by atoms with Crippen LogP contribution in [0.1, 0.15) is 18.5 Å². The average molecular weight is 315 g/mol. The van der Waals surface area contributed by atoms with Crippen molar-refractivity contribution >= 4 is 23.0 Å². The standard InChI is InChI=1S/C16H17N3O4/c1-11(14-7-2-3-8-15(14)19(22)23)17-12-5-4-6-13(9-12)18-16(21)10-20/h2-9,11,17,20H,10H2,1H3,(H,18,21)/t11-/m1/s1. The number of anilines is 2. The predicted molar refractivity (Wildman–Crippen MR) is 87.3 cm³/mol. The number of carbonyl (C=O) groups is 1. The van der Waals surface area contributed by atoms with Crippen LogP contribution in [-0.4, -0.2) is 22.5 Å². The van der Waals surface area contributed by atoms with Crippen molar-refractivity contribution in [2.24, 2.45) is 0 Å². The van der Waals surface area contributed by atoms with Crippen LogP contribution >= 0.6 is 0 Å². The molecule has 23 heavy (non-hydrogen) atoms. The van der Waals surface area contributed by atoms with E-state index in [0.717, 1.165) is 0 Å². The lowest BCUT2D eigenvalue weighted by Gasteiger charge is -2.16. The van der Waals surface area contributed by atoms with E-state index in [1.165, 1.54) is 6.07 Å². The summed E-state index contributed by atoms with van der Waals surface area (Å²) in [4.78, 5) is 21.9. The van der Waals surface area contributed by atoms with Crippen LogP contribution in [0, 0.1) is 10.1 Å². The molecule has 0 fully saturated rings. The average Bonchev–Trinajstić information content (AvgIpc) is 2.55. The molecule has 0 heterocycles. The van der Waals surface area contributed by atoms with E-state index in [1.54, 1.807) is 42.5 Å². The molecular weight excluding hydrogens is 298 g/mol. The molecular formula is C16H17N3O4. The van der Waals surface area contributed by atoms with E-state index in [2.05, 4.69) is 10.6 Å². The van der Waals surface area contributed by atoms with Crippen molar-refractivity contribution in [3.05, 3.63) is 64.2 Å². The molecule has 7 nitrogen and oxygen atoms in total. The molecule has 2 rings (SSSR count). The van der Waals surface area contributed by atoms with Gasteiger partial charge >= 0.3 is 0 Å². The number of nitro groups is 1. The third kappa shape index (κ3) is 4.27. The number of nitrogens with zero attached hydrogens (tertiary/aromatic N) is 1. The van der Waals surface area contributed by atoms with Crippen molar-refractivity contribution in [1.29, 1.82) is 0 Å². The van der Waals surface area contributed by atoms with Gasteiger partial charge in [-0.3, -0.25) is 14.9 Å². The molecule has 120 valence electrons. The summed E-state index contributed by atoms with van der Waals surface area (Å²) in [5.74, 6) is -0.506. The fraction of sp³-hybridized carbons (Fsp3) is 0.188. The van der Waals surface area contributed by atoms with E-state index in [9.17, 15) is 14.9 Å². The number of benzene rings is 2. The zero-order valence-electron chi connectivity index (χ0n) is 12.5. The van der Waals surface area contributed by atoms with Gasteiger partial charge in [-0.25, -0.2) is 0 Å². The van der Waals surface area contributed by atoms with Crippen molar-refractivity contribution in [3.63, 3.8) is 0 Å². The highest BCUT2D eigenvalue weighted by atomic mass is 16.6. The molecule has 1 amide bonds. The first-order chi connectivity index (χ1) is 11.0. The van der Waals surface area contributed by atoms with E-state index in [-0.39, 0.29) is 11.7 Å². The number of rotatable bonds is 6. The summed E-state index contributed by atoms with van der Waals surface area (Å²) in [7, 11) is 0. The second-order valence-electron chi connectivity index (χ2n) is 4.97. The first-order valence-electron chi connectivity index (χ1n) is 7.02. The number of nitro benzene ring substituents is 1. The molecule has 2 aromatic carbocycles. The maximum Gasteiger partial charge on any atom is 0.274 e. The minimum atomic E-state index is -0.593. The van der Waals surface area contributed by atoms with Crippen LogP contribution in [0.15, 0.2) is 48.5 Å². The first kappa shape index (κ1) is 16.4. The molecule has 0 aromatic heterocycles. The Hall–Kier alpha value is -2.93. The largest absolute Gasteiger partial charge is 0.387 e. The Morgan fingerprint density at radius 3 is 2.61 bits per heavy atom. The zero-order chi connectivity index (χ0) is 16.8. The van der Waals surface area contributed by atoms with Gasteiger partial charge in [-0.15, -0.1) is 0 Å². The summed E-state index contributed by atoms with van der Waals surface area (Å²) >= 11 is 0. The van der Waals surface area contributed by atoms with Crippen LogP contribution in [0.3, 0.4) is 0 Å². The van der Waals surface area contributed by atoms with Crippen LogP contribution in [-0.2, 0) is 4.79 Å². The summed E-state index contributed by atoms with van der Waals surface area (Å²) in [6.07, 6.45) is 0. The van der Waals surface area contributed by atoms with Crippen molar-refractivity contribution in [1.82, 2.24) is 0 Å². The van der Waals surface area contributed by atoms with Crippen LogP contribution < -0.4 is 10.6 Å². The van der Waals surface area contributed by atoms with Gasteiger partial charge in [0, 0.05) is 17.4 Å². The van der Waals surface area contributed by atoms with Gasteiger partial charge in [-0.2, -0.15) is 0 Å². The van der Waals surface area contributed by atoms with E-state index in [0.29, 0.717) is 16.9 Å². The molecule has 0 unspecified atom stereocenters. The molecule has 3 N–H and O–H groups in total. The van der Waals surface area contributed by atoms with Crippen molar-refractivity contribution in [3.8, 4) is 0 Å².